The molecule has 0 aromatic carbocycles. The Labute approximate surface area is 106 Å². The molecule has 0 N–H and O–H groups in total. The van der Waals surface area contributed by atoms with E-state index in [1.54, 1.807) is 0 Å². The summed E-state index contributed by atoms with van der Waals surface area (Å²) in [7, 11) is 4.24. The molecule has 0 saturated heterocycles. The summed E-state index contributed by atoms with van der Waals surface area (Å²) in [6.07, 6.45) is 6.75. The van der Waals surface area contributed by atoms with Crippen molar-refractivity contribution in [2.75, 3.05) is 26.4 Å². The molecule has 16 heavy (non-hydrogen) atoms. The van der Waals surface area contributed by atoms with E-state index in [9.17, 15) is 0 Å². The summed E-state index contributed by atoms with van der Waals surface area (Å²) >= 11 is 2.01. The molecule has 0 amide bonds. The summed E-state index contributed by atoms with van der Waals surface area (Å²) in [5.74, 6) is 1.17. The number of hydrogen-bond acceptors (Lipinski definition) is 2. The molecule has 0 aromatic rings. The fourth-order valence-electron chi connectivity index (χ4n) is 1.34. The third-order valence-electron chi connectivity index (χ3n) is 2.60. The number of hydrogen-bond donors (Lipinski definition) is 0. The van der Waals surface area contributed by atoms with E-state index >= 15 is 0 Å². The first kappa shape index (κ1) is 15.8. The largest absolute Gasteiger partial charge is 0.309 e. The van der Waals surface area contributed by atoms with Gasteiger partial charge in [0.1, 0.15) is 0 Å². The van der Waals surface area contributed by atoms with Crippen molar-refractivity contribution < 1.29 is 0 Å². The minimum atomic E-state index is 0.224. The SMILES string of the molecule is C=CC(C)(CCC=C(C)C)SCCN(C)C. The molecule has 0 bridgehead atoms. The van der Waals surface area contributed by atoms with E-state index in [-0.39, 0.29) is 4.75 Å². The first-order valence-electron chi connectivity index (χ1n) is 5.95. The molecule has 0 saturated carbocycles. The highest BCUT2D eigenvalue weighted by Gasteiger charge is 2.19. The van der Waals surface area contributed by atoms with Crippen molar-refractivity contribution in [1.82, 2.24) is 4.90 Å². The molecule has 94 valence electrons. The Morgan fingerprint density at radius 3 is 2.44 bits per heavy atom. The number of rotatable bonds is 8. The maximum atomic E-state index is 3.97. The predicted octanol–water partition coefficient (Wildman–Crippen LogP) is 3.97. The number of allylic oxidation sites excluding steroid dienone is 2. The Bertz CT molecular complexity index is 229. The van der Waals surface area contributed by atoms with Crippen molar-refractivity contribution in [1.29, 1.82) is 0 Å². The first-order valence-corrected chi connectivity index (χ1v) is 6.94. The van der Waals surface area contributed by atoms with Crippen LogP contribution in [0.5, 0.6) is 0 Å². The summed E-state index contributed by atoms with van der Waals surface area (Å²) in [6, 6.07) is 0. The average Bonchev–Trinajstić information content (AvgIpc) is 2.16. The van der Waals surface area contributed by atoms with Gasteiger partial charge in [0.2, 0.25) is 0 Å². The monoisotopic (exact) mass is 241 g/mol. The van der Waals surface area contributed by atoms with E-state index in [1.165, 1.54) is 17.7 Å². The summed E-state index contributed by atoms with van der Waals surface area (Å²) in [4.78, 5) is 2.23. The highest BCUT2D eigenvalue weighted by molar-refractivity contribution is 8.00. The molecule has 0 aromatic heterocycles. The maximum absolute atomic E-state index is 3.97. The molecule has 0 spiro atoms. The second-order valence-corrected chi connectivity index (χ2v) is 6.62. The Morgan fingerprint density at radius 2 is 2.00 bits per heavy atom. The molecule has 0 aliphatic rings. The lowest BCUT2D eigenvalue weighted by Gasteiger charge is -2.25. The van der Waals surface area contributed by atoms with Crippen LogP contribution in [0, 0.1) is 0 Å². The molecule has 0 heterocycles. The lowest BCUT2D eigenvalue weighted by Crippen LogP contribution is -2.21. The van der Waals surface area contributed by atoms with Gasteiger partial charge in [0.15, 0.2) is 0 Å². The third-order valence-corrected chi connectivity index (χ3v) is 4.01. The van der Waals surface area contributed by atoms with Crippen molar-refractivity contribution in [2.24, 2.45) is 0 Å². The second kappa shape index (κ2) is 7.97. The minimum absolute atomic E-state index is 0.224. The van der Waals surface area contributed by atoms with Gasteiger partial charge in [0.25, 0.3) is 0 Å². The van der Waals surface area contributed by atoms with Gasteiger partial charge in [-0.05, 0) is 47.7 Å². The number of thioether (sulfide) groups is 1. The van der Waals surface area contributed by atoms with E-state index in [0.717, 1.165) is 13.0 Å². The molecule has 1 nitrogen and oxygen atoms in total. The average molecular weight is 241 g/mol. The van der Waals surface area contributed by atoms with Crippen molar-refractivity contribution in [3.8, 4) is 0 Å². The zero-order valence-electron chi connectivity index (χ0n) is 11.5. The highest BCUT2D eigenvalue weighted by atomic mass is 32.2. The summed E-state index contributed by atoms with van der Waals surface area (Å²) in [5, 5.41) is 0. The Kier molecular flexibility index (Phi) is 7.86. The van der Waals surface area contributed by atoms with E-state index in [4.69, 9.17) is 0 Å². The van der Waals surface area contributed by atoms with Crippen molar-refractivity contribution >= 4 is 11.8 Å². The van der Waals surface area contributed by atoms with Gasteiger partial charge in [0.05, 0.1) is 0 Å². The van der Waals surface area contributed by atoms with Gasteiger partial charge in [-0.1, -0.05) is 17.7 Å². The molecule has 1 atom stereocenters. The first-order chi connectivity index (χ1) is 7.39. The Morgan fingerprint density at radius 1 is 1.38 bits per heavy atom. The van der Waals surface area contributed by atoms with Crippen LogP contribution in [-0.2, 0) is 0 Å². The molecule has 0 aliphatic heterocycles. The van der Waals surface area contributed by atoms with Gasteiger partial charge in [-0.3, -0.25) is 0 Å². The third kappa shape index (κ3) is 8.00. The maximum Gasteiger partial charge on any atom is 0.0311 e. The minimum Gasteiger partial charge on any atom is -0.309 e. The normalized spacial score (nSPS) is 14.6. The lowest BCUT2D eigenvalue weighted by molar-refractivity contribution is 0.437. The molecule has 1 unspecified atom stereocenters. The Hall–Kier alpha value is -0.210. The molecule has 0 rings (SSSR count). The predicted molar refractivity (Wildman–Crippen MR) is 78.3 cm³/mol. The molecule has 0 radical (unpaired) electrons. The van der Waals surface area contributed by atoms with Gasteiger partial charge in [-0.25, -0.2) is 0 Å². The van der Waals surface area contributed by atoms with Crippen LogP contribution >= 0.6 is 11.8 Å². The van der Waals surface area contributed by atoms with Crippen LogP contribution in [0.25, 0.3) is 0 Å². The van der Waals surface area contributed by atoms with E-state index in [1.807, 2.05) is 11.8 Å². The van der Waals surface area contributed by atoms with Gasteiger partial charge >= 0.3 is 0 Å². The zero-order valence-corrected chi connectivity index (χ0v) is 12.4. The second-order valence-electron chi connectivity index (χ2n) is 4.99. The summed E-state index contributed by atoms with van der Waals surface area (Å²) in [5.41, 5.74) is 1.41. The lowest BCUT2D eigenvalue weighted by atomic mass is 10.0. The van der Waals surface area contributed by atoms with E-state index in [0.29, 0.717) is 0 Å². The van der Waals surface area contributed by atoms with Gasteiger partial charge in [0, 0.05) is 17.0 Å². The van der Waals surface area contributed by atoms with Crippen molar-refractivity contribution in [3.05, 3.63) is 24.3 Å². The smallest absolute Gasteiger partial charge is 0.0311 e. The molecule has 2 heteroatoms. The van der Waals surface area contributed by atoms with E-state index < -0.39 is 0 Å². The van der Waals surface area contributed by atoms with Crippen LogP contribution in [0.4, 0.5) is 0 Å². The van der Waals surface area contributed by atoms with Crippen LogP contribution in [0.2, 0.25) is 0 Å². The zero-order chi connectivity index (χ0) is 12.6. The molecular weight excluding hydrogens is 214 g/mol. The molecular formula is C14H27NS. The van der Waals surface area contributed by atoms with Crippen molar-refractivity contribution in [3.63, 3.8) is 0 Å². The van der Waals surface area contributed by atoms with E-state index in [2.05, 4.69) is 58.5 Å². The van der Waals surface area contributed by atoms with Crippen LogP contribution in [0.3, 0.4) is 0 Å². The summed E-state index contributed by atoms with van der Waals surface area (Å²) in [6.45, 7) is 11.7. The Balaban J connectivity index is 4.00. The topological polar surface area (TPSA) is 3.24 Å². The fourth-order valence-corrected chi connectivity index (χ4v) is 2.64. The molecule has 0 aliphatic carbocycles. The quantitative estimate of drug-likeness (QED) is 0.592. The fraction of sp³-hybridized carbons (Fsp3) is 0.714. The summed E-state index contributed by atoms with van der Waals surface area (Å²) < 4.78 is 0.224. The molecule has 0 fully saturated rings. The standard InChI is InChI=1S/C14H27NS/c1-7-14(4,10-8-9-13(2)3)16-12-11-15(5)6/h7,9H,1,8,10-12H2,2-6H3. The van der Waals surface area contributed by atoms with Crippen LogP contribution < -0.4 is 0 Å². The van der Waals surface area contributed by atoms with Gasteiger partial charge < -0.3 is 4.90 Å². The van der Waals surface area contributed by atoms with Gasteiger partial charge in [-0.15, -0.1) is 18.3 Å². The van der Waals surface area contributed by atoms with Crippen LogP contribution in [0.1, 0.15) is 33.6 Å². The van der Waals surface area contributed by atoms with Crippen LogP contribution in [-0.4, -0.2) is 36.0 Å². The van der Waals surface area contributed by atoms with Crippen molar-refractivity contribution in [2.45, 2.75) is 38.4 Å². The number of nitrogens with zero attached hydrogens (tertiary/aromatic N) is 1. The van der Waals surface area contributed by atoms with Crippen LogP contribution in [0.15, 0.2) is 24.3 Å². The highest BCUT2D eigenvalue weighted by Crippen LogP contribution is 2.31. The van der Waals surface area contributed by atoms with Gasteiger partial charge in [-0.2, -0.15) is 0 Å².